The van der Waals surface area contributed by atoms with Crippen molar-refractivity contribution in [3.8, 4) is 22.8 Å². The number of aromatic nitrogens is 2. The molecule has 1 N–H and O–H groups in total. The van der Waals surface area contributed by atoms with Gasteiger partial charge in [-0.3, -0.25) is 4.79 Å². The lowest BCUT2D eigenvalue weighted by Gasteiger charge is -2.15. The number of hydrogen-bond acceptors (Lipinski definition) is 5. The Morgan fingerprint density at radius 3 is 2.08 bits per heavy atom. The lowest BCUT2D eigenvalue weighted by molar-refractivity contribution is -0.115. The van der Waals surface area contributed by atoms with Gasteiger partial charge in [-0.1, -0.05) is 37.8 Å². The number of carbonyl (C=O) groups is 1. The number of nitrogens with one attached hydrogen (secondary N) is 1. The first-order valence-corrected chi connectivity index (χ1v) is 13.0. The van der Waals surface area contributed by atoms with Crippen molar-refractivity contribution in [3.05, 3.63) is 66.0 Å². The first kappa shape index (κ1) is 25.7. The van der Waals surface area contributed by atoms with Crippen molar-refractivity contribution < 1.29 is 14.3 Å². The van der Waals surface area contributed by atoms with Crippen LogP contribution in [0.25, 0.3) is 11.3 Å². The largest absolute Gasteiger partial charge is 0.491 e. The minimum atomic E-state index is -0.0996. The molecule has 0 bridgehead atoms. The van der Waals surface area contributed by atoms with Crippen LogP contribution in [0.1, 0.15) is 64.6 Å². The fourth-order valence-corrected chi connectivity index (χ4v) is 4.60. The van der Waals surface area contributed by atoms with Crippen molar-refractivity contribution in [2.24, 2.45) is 5.92 Å². The van der Waals surface area contributed by atoms with Gasteiger partial charge in [0, 0.05) is 5.56 Å². The number of rotatable bonds is 10. The Kier molecular flexibility index (Phi) is 8.57. The molecule has 1 aromatic heterocycles. The van der Waals surface area contributed by atoms with Crippen LogP contribution in [0.2, 0.25) is 0 Å². The van der Waals surface area contributed by atoms with Crippen molar-refractivity contribution in [2.45, 2.75) is 78.4 Å². The maximum atomic E-state index is 12.9. The second kappa shape index (κ2) is 12.0. The Labute approximate surface area is 214 Å². The molecule has 0 aliphatic heterocycles. The third kappa shape index (κ3) is 7.30. The van der Waals surface area contributed by atoms with Crippen LogP contribution < -0.4 is 14.8 Å². The predicted molar refractivity (Wildman–Crippen MR) is 143 cm³/mol. The molecule has 1 amide bonds. The summed E-state index contributed by atoms with van der Waals surface area (Å²) in [7, 11) is 0. The number of benzene rings is 2. The van der Waals surface area contributed by atoms with Gasteiger partial charge in [-0.05, 0) is 82.0 Å². The molecule has 1 fully saturated rings. The van der Waals surface area contributed by atoms with Crippen molar-refractivity contribution >= 4 is 11.7 Å². The molecule has 2 aromatic carbocycles. The Hall–Kier alpha value is -3.41. The summed E-state index contributed by atoms with van der Waals surface area (Å²) in [5.41, 5.74) is 3.57. The SMILES string of the molecule is CC(C)Oc1ccc(CC(=O)Nc2ncc(-c3ccc(OC(C)C)cc3)nc2CC2CCCC2)cc1. The number of anilines is 1. The van der Waals surface area contributed by atoms with E-state index in [-0.39, 0.29) is 24.5 Å². The molecule has 6 heteroatoms. The van der Waals surface area contributed by atoms with E-state index in [0.29, 0.717) is 11.7 Å². The van der Waals surface area contributed by atoms with E-state index in [1.165, 1.54) is 25.7 Å². The fourth-order valence-electron chi connectivity index (χ4n) is 4.60. The van der Waals surface area contributed by atoms with Crippen molar-refractivity contribution in [1.29, 1.82) is 0 Å². The molecule has 3 aromatic rings. The Bertz CT molecular complexity index is 1140. The number of carbonyl (C=O) groups excluding carboxylic acids is 1. The average Bonchev–Trinajstić information content (AvgIpc) is 3.34. The fraction of sp³-hybridized carbons (Fsp3) is 0.433. The van der Waals surface area contributed by atoms with E-state index in [9.17, 15) is 4.79 Å². The van der Waals surface area contributed by atoms with E-state index in [1.807, 2.05) is 76.2 Å². The van der Waals surface area contributed by atoms with E-state index >= 15 is 0 Å². The predicted octanol–water partition coefficient (Wildman–Crippen LogP) is 6.63. The molecule has 1 saturated carbocycles. The molecule has 36 heavy (non-hydrogen) atoms. The molecule has 0 saturated heterocycles. The van der Waals surface area contributed by atoms with E-state index in [0.717, 1.165) is 40.4 Å². The number of amides is 1. The zero-order chi connectivity index (χ0) is 25.5. The van der Waals surface area contributed by atoms with E-state index in [4.69, 9.17) is 14.5 Å². The van der Waals surface area contributed by atoms with Crippen LogP contribution in [-0.4, -0.2) is 28.1 Å². The first-order chi connectivity index (χ1) is 17.4. The van der Waals surface area contributed by atoms with Crippen LogP contribution in [0.5, 0.6) is 11.5 Å². The summed E-state index contributed by atoms with van der Waals surface area (Å²) in [6.45, 7) is 8.01. The third-order valence-electron chi connectivity index (χ3n) is 6.24. The molecule has 4 rings (SSSR count). The standard InChI is InChI=1S/C30H37N3O3/c1-20(2)35-25-13-9-23(10-14-25)18-29(34)33-30-27(17-22-7-5-6-8-22)32-28(19-31-30)24-11-15-26(16-12-24)36-21(3)4/h9-16,19-22H,5-8,17-18H2,1-4H3,(H,31,33,34). The van der Waals surface area contributed by atoms with Gasteiger partial charge in [-0.2, -0.15) is 0 Å². The van der Waals surface area contributed by atoms with Crippen LogP contribution in [0, 0.1) is 5.92 Å². The summed E-state index contributed by atoms with van der Waals surface area (Å²) >= 11 is 0. The molecule has 1 heterocycles. The monoisotopic (exact) mass is 487 g/mol. The normalized spacial score (nSPS) is 13.8. The Morgan fingerprint density at radius 2 is 1.50 bits per heavy atom. The summed E-state index contributed by atoms with van der Waals surface area (Å²) in [4.78, 5) is 22.5. The molecule has 1 aliphatic rings. The van der Waals surface area contributed by atoms with Gasteiger partial charge in [-0.25, -0.2) is 9.97 Å². The van der Waals surface area contributed by atoms with Gasteiger partial charge in [0.25, 0.3) is 0 Å². The lowest BCUT2D eigenvalue weighted by atomic mass is 10.0. The molecule has 1 aliphatic carbocycles. The van der Waals surface area contributed by atoms with Crippen LogP contribution in [-0.2, 0) is 17.6 Å². The summed E-state index contributed by atoms with van der Waals surface area (Å²) in [5.74, 6) is 2.69. The van der Waals surface area contributed by atoms with Crippen LogP contribution in [0.3, 0.4) is 0 Å². The van der Waals surface area contributed by atoms with Gasteiger partial charge in [-0.15, -0.1) is 0 Å². The van der Waals surface area contributed by atoms with Gasteiger partial charge in [0.2, 0.25) is 5.91 Å². The maximum absolute atomic E-state index is 12.9. The van der Waals surface area contributed by atoms with E-state index in [2.05, 4.69) is 10.3 Å². The lowest BCUT2D eigenvalue weighted by Crippen LogP contribution is -2.18. The highest BCUT2D eigenvalue weighted by molar-refractivity contribution is 5.92. The van der Waals surface area contributed by atoms with Gasteiger partial charge in [0.1, 0.15) is 11.5 Å². The van der Waals surface area contributed by atoms with Crippen molar-refractivity contribution in [3.63, 3.8) is 0 Å². The molecule has 0 radical (unpaired) electrons. The Balaban J connectivity index is 1.49. The summed E-state index contributed by atoms with van der Waals surface area (Å²) in [6, 6.07) is 15.6. The average molecular weight is 488 g/mol. The first-order valence-electron chi connectivity index (χ1n) is 13.0. The number of nitrogens with zero attached hydrogens (tertiary/aromatic N) is 2. The quantitative estimate of drug-likeness (QED) is 0.347. The maximum Gasteiger partial charge on any atom is 0.229 e. The highest BCUT2D eigenvalue weighted by atomic mass is 16.5. The topological polar surface area (TPSA) is 73.3 Å². The number of hydrogen-bond donors (Lipinski definition) is 1. The highest BCUT2D eigenvalue weighted by Crippen LogP contribution is 2.30. The second-order valence-corrected chi connectivity index (χ2v) is 10.1. The van der Waals surface area contributed by atoms with Crippen LogP contribution in [0.4, 0.5) is 5.82 Å². The summed E-state index contributed by atoms with van der Waals surface area (Å²) in [5, 5.41) is 3.03. The molecule has 0 unspecified atom stereocenters. The zero-order valence-corrected chi connectivity index (χ0v) is 21.8. The molecular weight excluding hydrogens is 450 g/mol. The number of ether oxygens (including phenoxy) is 2. The van der Waals surface area contributed by atoms with Crippen molar-refractivity contribution in [2.75, 3.05) is 5.32 Å². The molecule has 0 atom stereocenters. The van der Waals surface area contributed by atoms with Gasteiger partial charge < -0.3 is 14.8 Å². The minimum absolute atomic E-state index is 0.0996. The van der Waals surface area contributed by atoms with Crippen LogP contribution >= 0.6 is 0 Å². The second-order valence-electron chi connectivity index (χ2n) is 10.1. The highest BCUT2D eigenvalue weighted by Gasteiger charge is 2.20. The van der Waals surface area contributed by atoms with Gasteiger partial charge in [0.05, 0.1) is 36.2 Å². The zero-order valence-electron chi connectivity index (χ0n) is 21.8. The van der Waals surface area contributed by atoms with Crippen LogP contribution in [0.15, 0.2) is 54.7 Å². The van der Waals surface area contributed by atoms with E-state index in [1.54, 1.807) is 6.20 Å². The summed E-state index contributed by atoms with van der Waals surface area (Å²) < 4.78 is 11.5. The minimum Gasteiger partial charge on any atom is -0.491 e. The molecular formula is C30H37N3O3. The smallest absolute Gasteiger partial charge is 0.229 e. The molecule has 6 nitrogen and oxygen atoms in total. The van der Waals surface area contributed by atoms with Gasteiger partial charge >= 0.3 is 0 Å². The van der Waals surface area contributed by atoms with E-state index < -0.39 is 0 Å². The molecule has 0 spiro atoms. The third-order valence-corrected chi connectivity index (χ3v) is 6.24. The van der Waals surface area contributed by atoms with Crippen molar-refractivity contribution in [1.82, 2.24) is 9.97 Å². The van der Waals surface area contributed by atoms with Gasteiger partial charge in [0.15, 0.2) is 5.82 Å². The molecule has 190 valence electrons. The summed E-state index contributed by atoms with van der Waals surface area (Å²) in [6.07, 6.45) is 7.99. The Morgan fingerprint density at radius 1 is 0.917 bits per heavy atom.